The molecule has 12 nitrogen and oxygen atoms in total. The Kier molecular flexibility index (Phi) is 9.39. The number of anilines is 1. The number of esters is 1. The summed E-state index contributed by atoms with van der Waals surface area (Å²) in [5.74, 6) is -2.59. The van der Waals surface area contributed by atoms with Gasteiger partial charge in [-0.05, 0) is 57.9 Å². The van der Waals surface area contributed by atoms with Gasteiger partial charge in [-0.15, -0.1) is 0 Å². The van der Waals surface area contributed by atoms with Gasteiger partial charge in [0.15, 0.2) is 35.0 Å². The monoisotopic (exact) mass is 678 g/mol. The van der Waals surface area contributed by atoms with Gasteiger partial charge in [-0.3, -0.25) is 9.36 Å². The van der Waals surface area contributed by atoms with E-state index in [1.165, 1.54) is 17.8 Å². The Morgan fingerprint density at radius 2 is 1.89 bits per heavy atom. The molecule has 16 heteroatoms. The fraction of sp³-hybridized carbons (Fsp3) is 0.467. The summed E-state index contributed by atoms with van der Waals surface area (Å²) in [4.78, 5) is 27.5. The maximum Gasteiger partial charge on any atom is 0.323 e. The van der Waals surface area contributed by atoms with E-state index in [4.69, 9.17) is 30.3 Å². The molecule has 0 aliphatic carbocycles. The Balaban J connectivity index is 1.46. The van der Waals surface area contributed by atoms with Gasteiger partial charge in [0.25, 0.3) is 5.85 Å². The zero-order chi connectivity index (χ0) is 33.6. The molecule has 4 aromatic rings. The van der Waals surface area contributed by atoms with Crippen molar-refractivity contribution in [2.45, 2.75) is 70.6 Å². The molecule has 2 aromatic heterocycles. The van der Waals surface area contributed by atoms with Gasteiger partial charge in [0.05, 0.1) is 12.4 Å². The number of imidazole rings is 1. The number of ether oxygens (including phenoxy) is 2. The second kappa shape index (κ2) is 12.7. The molecular formula is C30H37F2N6O6PS. The zero-order valence-electron chi connectivity index (χ0n) is 26.5. The molecular weight excluding hydrogens is 641 g/mol. The number of halogens is 2. The zero-order valence-corrected chi connectivity index (χ0v) is 28.2. The fourth-order valence-electron chi connectivity index (χ4n) is 5.15. The van der Waals surface area contributed by atoms with Crippen LogP contribution in [-0.2, 0) is 30.6 Å². The van der Waals surface area contributed by atoms with E-state index < -0.39 is 55.2 Å². The van der Waals surface area contributed by atoms with Gasteiger partial charge in [0, 0.05) is 19.5 Å². The van der Waals surface area contributed by atoms with Crippen LogP contribution in [0.3, 0.4) is 0 Å². The first-order valence-electron chi connectivity index (χ1n) is 14.6. The average Bonchev–Trinajstić information content (AvgIpc) is 3.47. The largest absolute Gasteiger partial charge is 0.462 e. The predicted molar refractivity (Wildman–Crippen MR) is 173 cm³/mol. The van der Waals surface area contributed by atoms with Crippen molar-refractivity contribution in [2.24, 2.45) is 0 Å². The number of hydrogen-bond donors (Lipinski definition) is 2. The van der Waals surface area contributed by atoms with Crippen LogP contribution >= 0.6 is 6.64 Å². The third kappa shape index (κ3) is 6.57. The highest BCUT2D eigenvalue weighted by Crippen LogP contribution is 2.53. The molecule has 6 atom stereocenters. The van der Waals surface area contributed by atoms with Crippen LogP contribution in [-0.4, -0.2) is 81.1 Å². The topological polar surface area (TPSA) is 133 Å². The fourth-order valence-corrected chi connectivity index (χ4v) is 7.54. The molecule has 3 heterocycles. The Hall–Kier alpha value is -3.33. The molecule has 0 unspecified atom stereocenters. The normalized spacial score (nSPS) is 25.1. The van der Waals surface area contributed by atoms with Crippen LogP contribution in [0.25, 0.3) is 21.9 Å². The predicted octanol–water partition coefficient (Wildman–Crippen LogP) is 4.89. The first-order chi connectivity index (χ1) is 21.5. The minimum Gasteiger partial charge on any atom is -0.462 e. The lowest BCUT2D eigenvalue weighted by Gasteiger charge is -2.30. The number of aryl methyl sites for hydroxylation is 1. The number of rotatable bonds is 11. The Morgan fingerprint density at radius 1 is 1.20 bits per heavy atom. The molecule has 1 aliphatic heterocycles. The maximum atomic E-state index is 16.6. The molecule has 1 saturated heterocycles. The molecule has 5 rings (SSSR count). The number of benzene rings is 2. The Morgan fingerprint density at radius 3 is 2.59 bits per heavy atom. The lowest BCUT2D eigenvalue weighted by atomic mass is 9.97. The van der Waals surface area contributed by atoms with Crippen molar-refractivity contribution in [1.82, 2.24) is 24.6 Å². The van der Waals surface area contributed by atoms with Gasteiger partial charge >= 0.3 is 12.6 Å². The van der Waals surface area contributed by atoms with E-state index in [9.17, 15) is 9.90 Å². The van der Waals surface area contributed by atoms with Gasteiger partial charge in [-0.2, -0.15) is 0 Å². The second-order valence-corrected chi connectivity index (χ2v) is 14.9. The summed E-state index contributed by atoms with van der Waals surface area (Å²) in [6.07, 6.45) is -3.18. The Labute approximate surface area is 270 Å². The van der Waals surface area contributed by atoms with E-state index in [1.807, 2.05) is 30.3 Å². The SMILES string of the molecule is Cc1nc(N(C)C)c2ncn([C@@H]3O[C@](F)(CO[P@@](=S)(N[C@@H](C)C(=O)OC(C)C)Oc4cccc5ccccc45)[C@@H](O)[C@@]3(C)F)c2n1. The minimum absolute atomic E-state index is 0.186. The molecule has 46 heavy (non-hydrogen) atoms. The van der Waals surface area contributed by atoms with Crippen molar-refractivity contribution >= 4 is 52.2 Å². The standard InChI is InChI=1S/C30H37F2N6O6PS/c1-17(2)42-26(39)18(3)36-45(46,44-22-14-10-12-20-11-8-9-13-21(20)22)41-15-30(32)27(40)29(5,31)28(43-30)38-16-33-23-24(37(6)7)34-19(4)35-25(23)38/h8-14,16-18,27-28,40H,15H2,1-7H3,(H,36,46)/t18-,27-,28+,29+,30+,45-/m0/s1. The third-order valence-electron chi connectivity index (χ3n) is 7.38. The lowest BCUT2D eigenvalue weighted by Crippen LogP contribution is -2.47. The smallest absolute Gasteiger partial charge is 0.323 e. The molecule has 0 radical (unpaired) electrons. The molecule has 1 aliphatic rings. The van der Waals surface area contributed by atoms with Gasteiger partial charge in [0.2, 0.25) is 0 Å². The van der Waals surface area contributed by atoms with E-state index in [0.29, 0.717) is 28.3 Å². The van der Waals surface area contributed by atoms with E-state index >= 15 is 8.78 Å². The molecule has 0 amide bonds. The second-order valence-electron chi connectivity index (χ2n) is 11.8. The number of alkyl halides is 2. The molecule has 2 N–H and O–H groups in total. The van der Waals surface area contributed by atoms with Crippen molar-refractivity contribution in [2.75, 3.05) is 25.6 Å². The number of nitrogens with zero attached hydrogens (tertiary/aromatic N) is 5. The van der Waals surface area contributed by atoms with Crippen molar-refractivity contribution in [3.8, 4) is 5.75 Å². The number of carbonyl (C=O) groups is 1. The summed E-state index contributed by atoms with van der Waals surface area (Å²) in [7, 11) is 3.53. The number of nitrogens with one attached hydrogen (secondary N) is 1. The van der Waals surface area contributed by atoms with Gasteiger partial charge < -0.3 is 28.5 Å². The van der Waals surface area contributed by atoms with Crippen molar-refractivity contribution in [3.05, 3.63) is 54.6 Å². The quantitative estimate of drug-likeness (QED) is 0.165. The number of fused-ring (bicyclic) bond motifs is 2. The molecule has 2 aromatic carbocycles. The summed E-state index contributed by atoms with van der Waals surface area (Å²) in [6.45, 7) is 2.69. The lowest BCUT2D eigenvalue weighted by molar-refractivity contribution is -0.202. The van der Waals surface area contributed by atoms with Gasteiger partial charge in [0.1, 0.15) is 24.2 Å². The number of aliphatic hydroxyl groups excluding tert-OH is 1. The molecule has 0 bridgehead atoms. The summed E-state index contributed by atoms with van der Waals surface area (Å²) in [6, 6.07) is 11.6. The van der Waals surface area contributed by atoms with Crippen LogP contribution in [0, 0.1) is 6.92 Å². The van der Waals surface area contributed by atoms with Crippen molar-refractivity contribution in [3.63, 3.8) is 0 Å². The van der Waals surface area contributed by atoms with Crippen molar-refractivity contribution in [1.29, 1.82) is 0 Å². The summed E-state index contributed by atoms with van der Waals surface area (Å²) < 4.78 is 57.1. The number of aromatic nitrogens is 4. The van der Waals surface area contributed by atoms with E-state index in [1.54, 1.807) is 51.9 Å². The van der Waals surface area contributed by atoms with Crippen molar-refractivity contribution < 1.29 is 37.2 Å². The summed E-state index contributed by atoms with van der Waals surface area (Å²) in [5, 5.41) is 15.4. The average molecular weight is 679 g/mol. The number of hydrogen-bond acceptors (Lipinski definition) is 11. The Bertz CT molecular complexity index is 1800. The number of aliphatic hydroxyl groups is 1. The minimum atomic E-state index is -3.82. The maximum absolute atomic E-state index is 16.6. The van der Waals surface area contributed by atoms with Gasteiger partial charge in [-0.1, -0.05) is 36.4 Å². The molecule has 0 spiro atoms. The first-order valence-corrected chi connectivity index (χ1v) is 17.2. The van der Waals surface area contributed by atoms with Crippen LogP contribution in [0.2, 0.25) is 0 Å². The van der Waals surface area contributed by atoms with E-state index in [2.05, 4.69) is 20.0 Å². The van der Waals surface area contributed by atoms with Gasteiger partial charge in [-0.25, -0.2) is 28.8 Å². The highest BCUT2D eigenvalue weighted by Gasteiger charge is 2.65. The first kappa shape index (κ1) is 34.0. The number of carbonyl (C=O) groups excluding carboxylic acids is 1. The highest BCUT2D eigenvalue weighted by molar-refractivity contribution is 8.09. The highest BCUT2D eigenvalue weighted by atomic mass is 32.5. The van der Waals surface area contributed by atoms with Crippen LogP contribution in [0.15, 0.2) is 48.8 Å². The summed E-state index contributed by atoms with van der Waals surface area (Å²) in [5.41, 5.74) is -2.16. The third-order valence-corrected chi connectivity index (χ3v) is 9.85. The van der Waals surface area contributed by atoms with E-state index in [0.717, 1.165) is 12.3 Å². The summed E-state index contributed by atoms with van der Waals surface area (Å²) >= 11 is 5.77. The van der Waals surface area contributed by atoms with Crippen LogP contribution in [0.1, 0.15) is 39.7 Å². The molecule has 248 valence electrons. The molecule has 1 fully saturated rings. The molecule has 0 saturated carbocycles. The van der Waals surface area contributed by atoms with Crippen LogP contribution in [0.4, 0.5) is 14.6 Å². The van der Waals surface area contributed by atoms with E-state index in [-0.39, 0.29) is 5.65 Å². The van der Waals surface area contributed by atoms with Crippen LogP contribution in [0.5, 0.6) is 5.75 Å². The van der Waals surface area contributed by atoms with Crippen LogP contribution < -0.4 is 14.5 Å².